The van der Waals surface area contributed by atoms with Gasteiger partial charge in [0.1, 0.15) is 5.75 Å². The molecule has 0 saturated heterocycles. The van der Waals surface area contributed by atoms with Crippen molar-refractivity contribution in [2.45, 2.75) is 6.42 Å². The van der Waals surface area contributed by atoms with Crippen LogP contribution in [0.4, 0.5) is 0 Å². The van der Waals surface area contributed by atoms with Gasteiger partial charge in [0, 0.05) is 12.5 Å². The molecule has 1 aliphatic heterocycles. The van der Waals surface area contributed by atoms with Gasteiger partial charge in [-0.05, 0) is 11.6 Å². The van der Waals surface area contributed by atoms with E-state index in [0.29, 0.717) is 5.95 Å². The lowest BCUT2D eigenvalue weighted by Crippen LogP contribution is -2.03. The average molecular weight is 194 g/mol. The van der Waals surface area contributed by atoms with Crippen LogP contribution in [0.5, 0.6) is 5.75 Å². The molecule has 1 aliphatic rings. The molecule has 66 valence electrons. The fourth-order valence-corrected chi connectivity index (χ4v) is 1.39. The minimum Gasteiger partial charge on any atom is -0.426 e. The summed E-state index contributed by atoms with van der Waals surface area (Å²) < 4.78 is 20.1. The second-order valence-corrected chi connectivity index (χ2v) is 2.93. The van der Waals surface area contributed by atoms with Crippen LogP contribution in [0.1, 0.15) is 5.56 Å². The highest BCUT2D eigenvalue weighted by Crippen LogP contribution is 2.27. The van der Waals surface area contributed by atoms with Crippen LogP contribution in [-0.2, 0) is 15.5 Å². The van der Waals surface area contributed by atoms with Gasteiger partial charge < -0.3 is 9.26 Å². The van der Waals surface area contributed by atoms with E-state index in [-0.39, 0.29) is 8.69 Å². The quantitative estimate of drug-likeness (QED) is 0.679. The molecule has 0 amide bonds. The molecule has 0 bridgehead atoms. The predicted octanol–water partition coefficient (Wildman–Crippen LogP) is 2.69. The average Bonchev–Trinajstić information content (AvgIpc) is 2.18. The molecule has 3 nitrogen and oxygen atoms in total. The Hall–Kier alpha value is -1.34. The zero-order valence-corrected chi connectivity index (χ0v) is 7.66. The van der Waals surface area contributed by atoms with E-state index in [1.807, 2.05) is 24.3 Å². The summed E-state index contributed by atoms with van der Waals surface area (Å²) in [6, 6.07) is 7.68. The molecular formula is C9H7O3P. The summed E-state index contributed by atoms with van der Waals surface area (Å²) in [6.07, 6.45) is 2.51. The molecule has 0 unspecified atom stereocenters. The number of rotatable bonds is 2. The van der Waals surface area contributed by atoms with Gasteiger partial charge in [0.15, 0.2) is 0 Å². The first kappa shape index (κ1) is 8.27. The number of hydrogen-bond acceptors (Lipinski definition) is 3. The second kappa shape index (κ2) is 3.58. The van der Waals surface area contributed by atoms with E-state index >= 15 is 0 Å². The van der Waals surface area contributed by atoms with Crippen LogP contribution < -0.4 is 4.74 Å². The lowest BCUT2D eigenvalue weighted by atomic mass is 10.1. The van der Waals surface area contributed by atoms with Crippen LogP contribution in [0, 0.1) is 0 Å². The standard InChI is InChI=1S/C9H7O3P/c10-13-12-9-6-5-7-3-1-2-4-8(7)11-9/h1-4,6H,5H2. The molecule has 0 aromatic heterocycles. The largest absolute Gasteiger partial charge is 0.426 e. The van der Waals surface area contributed by atoms with Crippen molar-refractivity contribution < 1.29 is 13.8 Å². The fraction of sp³-hybridized carbons (Fsp3) is 0.111. The van der Waals surface area contributed by atoms with Crippen molar-refractivity contribution in [2.24, 2.45) is 0 Å². The Bertz CT molecular complexity index is 360. The molecule has 0 aliphatic carbocycles. The lowest BCUT2D eigenvalue weighted by molar-refractivity contribution is 0.232. The summed E-state index contributed by atoms with van der Waals surface area (Å²) >= 11 is 0. The first-order valence-corrected chi connectivity index (χ1v) is 4.59. The highest BCUT2D eigenvalue weighted by molar-refractivity contribution is 7.17. The maximum Gasteiger partial charge on any atom is 0.398 e. The molecule has 13 heavy (non-hydrogen) atoms. The normalized spacial score (nSPS) is 14.3. The van der Waals surface area contributed by atoms with Gasteiger partial charge in [0.05, 0.1) is 0 Å². The number of benzene rings is 1. The highest BCUT2D eigenvalue weighted by Gasteiger charge is 2.12. The smallest absolute Gasteiger partial charge is 0.398 e. The molecule has 1 aromatic rings. The van der Waals surface area contributed by atoms with E-state index < -0.39 is 0 Å². The zero-order chi connectivity index (χ0) is 9.10. The SMILES string of the molecule is O=POC1=CCc2ccccc2O1. The van der Waals surface area contributed by atoms with Gasteiger partial charge >= 0.3 is 8.69 Å². The summed E-state index contributed by atoms with van der Waals surface area (Å²) in [7, 11) is -0.389. The first-order valence-electron chi connectivity index (χ1n) is 3.86. The Morgan fingerprint density at radius 2 is 2.23 bits per heavy atom. The summed E-state index contributed by atoms with van der Waals surface area (Å²) in [5.41, 5.74) is 1.11. The van der Waals surface area contributed by atoms with E-state index in [0.717, 1.165) is 17.7 Å². The van der Waals surface area contributed by atoms with Gasteiger partial charge in [-0.25, -0.2) is 4.57 Å². The first-order chi connectivity index (χ1) is 6.40. The van der Waals surface area contributed by atoms with Crippen molar-refractivity contribution in [1.82, 2.24) is 0 Å². The third-order valence-corrected chi connectivity index (χ3v) is 2.05. The summed E-state index contributed by atoms with van der Waals surface area (Å²) in [6.45, 7) is 0. The third kappa shape index (κ3) is 1.70. The molecule has 0 fully saturated rings. The van der Waals surface area contributed by atoms with Crippen LogP contribution in [0.15, 0.2) is 36.3 Å². The molecule has 0 radical (unpaired) electrons. The minimum absolute atomic E-state index is 0.301. The van der Waals surface area contributed by atoms with E-state index in [1.54, 1.807) is 6.08 Å². The van der Waals surface area contributed by atoms with Gasteiger partial charge in [0.25, 0.3) is 5.95 Å². The molecule has 1 heterocycles. The maximum absolute atomic E-state index is 10.1. The summed E-state index contributed by atoms with van der Waals surface area (Å²) in [5, 5.41) is 0. The molecule has 0 saturated carbocycles. The molecule has 4 heteroatoms. The van der Waals surface area contributed by atoms with Crippen molar-refractivity contribution >= 4 is 8.69 Å². The van der Waals surface area contributed by atoms with Crippen LogP contribution in [0.25, 0.3) is 0 Å². The molecule has 2 rings (SSSR count). The van der Waals surface area contributed by atoms with E-state index in [1.165, 1.54) is 0 Å². The lowest BCUT2D eigenvalue weighted by Gasteiger charge is -2.14. The van der Waals surface area contributed by atoms with Gasteiger partial charge in [-0.1, -0.05) is 18.2 Å². The molecule has 1 aromatic carbocycles. The van der Waals surface area contributed by atoms with E-state index in [2.05, 4.69) is 0 Å². The van der Waals surface area contributed by atoms with Gasteiger partial charge in [-0.15, -0.1) is 0 Å². The summed E-state index contributed by atoms with van der Waals surface area (Å²) in [4.78, 5) is 0. The Balaban J connectivity index is 2.22. The molecular weight excluding hydrogens is 187 g/mol. The van der Waals surface area contributed by atoms with Crippen molar-refractivity contribution in [3.8, 4) is 5.75 Å². The van der Waals surface area contributed by atoms with Crippen molar-refractivity contribution in [3.63, 3.8) is 0 Å². The monoisotopic (exact) mass is 194 g/mol. The Morgan fingerprint density at radius 3 is 3.08 bits per heavy atom. The number of allylic oxidation sites excluding steroid dienone is 1. The molecule has 0 atom stereocenters. The van der Waals surface area contributed by atoms with E-state index in [9.17, 15) is 4.57 Å². The Morgan fingerprint density at radius 1 is 1.38 bits per heavy atom. The highest BCUT2D eigenvalue weighted by atomic mass is 31.1. The van der Waals surface area contributed by atoms with Gasteiger partial charge in [-0.3, -0.25) is 0 Å². The van der Waals surface area contributed by atoms with Crippen LogP contribution in [0.3, 0.4) is 0 Å². The Labute approximate surface area is 77.3 Å². The fourth-order valence-electron chi connectivity index (χ4n) is 1.21. The second-order valence-electron chi connectivity index (χ2n) is 2.60. The van der Waals surface area contributed by atoms with E-state index in [4.69, 9.17) is 9.26 Å². The minimum atomic E-state index is -0.389. The predicted molar refractivity (Wildman–Crippen MR) is 47.5 cm³/mol. The van der Waals surface area contributed by atoms with Crippen molar-refractivity contribution in [3.05, 3.63) is 41.9 Å². The van der Waals surface area contributed by atoms with Gasteiger partial charge in [0.2, 0.25) is 0 Å². The van der Waals surface area contributed by atoms with Crippen LogP contribution >= 0.6 is 8.69 Å². The van der Waals surface area contributed by atoms with Crippen LogP contribution in [-0.4, -0.2) is 0 Å². The van der Waals surface area contributed by atoms with Crippen molar-refractivity contribution in [2.75, 3.05) is 0 Å². The number of fused-ring (bicyclic) bond motifs is 1. The molecule has 0 spiro atoms. The van der Waals surface area contributed by atoms with Crippen molar-refractivity contribution in [1.29, 1.82) is 0 Å². The van der Waals surface area contributed by atoms with Crippen LogP contribution in [0.2, 0.25) is 0 Å². The topological polar surface area (TPSA) is 35.5 Å². The molecule has 0 N–H and O–H groups in total. The maximum atomic E-state index is 10.1. The summed E-state index contributed by atoms with van der Waals surface area (Å²) in [5.74, 6) is 1.07. The zero-order valence-electron chi connectivity index (χ0n) is 6.77. The Kier molecular flexibility index (Phi) is 2.28. The number of ether oxygens (including phenoxy) is 1. The van der Waals surface area contributed by atoms with Gasteiger partial charge in [-0.2, -0.15) is 0 Å². The number of hydrogen-bond donors (Lipinski definition) is 0. The number of para-hydroxylation sites is 1. The third-order valence-electron chi connectivity index (χ3n) is 1.80.